The molecular weight excluding hydrogens is 412 g/mol. The Hall–Kier alpha value is -2.10. The zero-order chi connectivity index (χ0) is 20.9. The molecule has 1 fully saturated rings. The number of hydrogen-bond donors (Lipinski definition) is 1. The highest BCUT2D eigenvalue weighted by Crippen LogP contribution is 2.18. The van der Waals surface area contributed by atoms with E-state index in [0.717, 1.165) is 61.4 Å². The van der Waals surface area contributed by atoms with Crippen LogP contribution in [0.3, 0.4) is 0 Å². The van der Waals surface area contributed by atoms with Crippen molar-refractivity contribution >= 4 is 45.9 Å². The molecule has 29 heavy (non-hydrogen) atoms. The van der Waals surface area contributed by atoms with E-state index in [4.69, 9.17) is 21.7 Å². The lowest BCUT2D eigenvalue weighted by Crippen LogP contribution is -2.38. The number of carbonyl (C=O) groups excluding carboxylic acids is 2. The summed E-state index contributed by atoms with van der Waals surface area (Å²) >= 11 is 7.16. The topological polar surface area (TPSA) is 77.1 Å². The van der Waals surface area contributed by atoms with E-state index in [1.165, 1.54) is 7.11 Å². The summed E-state index contributed by atoms with van der Waals surface area (Å²) in [6.45, 7) is 3.83. The third-order valence-corrected chi connectivity index (χ3v) is 5.59. The van der Waals surface area contributed by atoms with Crippen LogP contribution in [0, 0.1) is 0 Å². The maximum Gasteiger partial charge on any atom is 0.330 e. The van der Waals surface area contributed by atoms with Gasteiger partial charge >= 0.3 is 5.97 Å². The van der Waals surface area contributed by atoms with Gasteiger partial charge in [-0.2, -0.15) is 0 Å². The van der Waals surface area contributed by atoms with E-state index < -0.39 is 11.9 Å². The van der Waals surface area contributed by atoms with Crippen molar-refractivity contribution in [2.45, 2.75) is 12.8 Å². The molecule has 0 aromatic heterocycles. The Morgan fingerprint density at radius 2 is 2.07 bits per heavy atom. The first-order valence-electron chi connectivity index (χ1n) is 9.38. The van der Waals surface area contributed by atoms with Crippen LogP contribution in [0.4, 0.5) is 5.69 Å². The van der Waals surface area contributed by atoms with Crippen molar-refractivity contribution < 1.29 is 23.8 Å². The maximum absolute atomic E-state index is 11.8. The minimum atomic E-state index is -0.582. The number of esters is 1. The van der Waals surface area contributed by atoms with E-state index in [1.54, 1.807) is 30.0 Å². The molecule has 1 aliphatic heterocycles. The van der Waals surface area contributed by atoms with Gasteiger partial charge in [0.15, 0.2) is 0 Å². The van der Waals surface area contributed by atoms with Crippen LogP contribution in [-0.2, 0) is 19.1 Å². The van der Waals surface area contributed by atoms with Gasteiger partial charge in [0.2, 0.25) is 5.91 Å². The average molecular weight is 439 g/mol. The summed E-state index contributed by atoms with van der Waals surface area (Å²) in [7, 11) is 1.25. The number of benzene rings is 1. The molecule has 1 aliphatic rings. The molecule has 1 heterocycles. The highest BCUT2D eigenvalue weighted by molar-refractivity contribution is 8.22. The van der Waals surface area contributed by atoms with E-state index in [2.05, 4.69) is 15.0 Å². The Balaban J connectivity index is 1.63. The number of ether oxygens (including phenoxy) is 3. The van der Waals surface area contributed by atoms with Crippen molar-refractivity contribution in [3.63, 3.8) is 0 Å². The predicted octanol–water partition coefficient (Wildman–Crippen LogP) is 2.86. The van der Waals surface area contributed by atoms with Gasteiger partial charge in [-0.15, -0.1) is 0 Å². The number of nitrogens with one attached hydrogen (secondary N) is 1. The Morgan fingerprint density at radius 3 is 2.83 bits per heavy atom. The normalized spacial score (nSPS) is 13.9. The van der Waals surface area contributed by atoms with Crippen molar-refractivity contribution in [3.05, 3.63) is 36.4 Å². The second kappa shape index (κ2) is 13.2. The number of morpholine rings is 1. The number of carbonyl (C=O) groups is 2. The van der Waals surface area contributed by atoms with Gasteiger partial charge in [-0.25, -0.2) is 4.79 Å². The molecular formula is C20H26N2O5S2. The Morgan fingerprint density at radius 1 is 1.28 bits per heavy atom. The van der Waals surface area contributed by atoms with Crippen LogP contribution in [0.2, 0.25) is 0 Å². The van der Waals surface area contributed by atoms with Gasteiger partial charge < -0.3 is 24.4 Å². The third kappa shape index (κ3) is 9.29. The molecule has 2 rings (SSSR count). The van der Waals surface area contributed by atoms with Gasteiger partial charge in [0.05, 0.1) is 26.9 Å². The van der Waals surface area contributed by atoms with Crippen LogP contribution in [0.15, 0.2) is 36.4 Å². The van der Waals surface area contributed by atoms with Gasteiger partial charge in [-0.1, -0.05) is 30.0 Å². The van der Waals surface area contributed by atoms with Crippen LogP contribution in [-0.4, -0.2) is 66.9 Å². The van der Waals surface area contributed by atoms with Crippen LogP contribution in [0.1, 0.15) is 12.8 Å². The average Bonchev–Trinajstić information content (AvgIpc) is 2.75. The summed E-state index contributed by atoms with van der Waals surface area (Å²) in [5.74, 6) is 0.639. The Kier molecular flexibility index (Phi) is 10.5. The number of thiocarbonyl (C=S) groups is 1. The lowest BCUT2D eigenvalue weighted by molar-refractivity contribution is -0.135. The Bertz CT molecular complexity index is 721. The third-order valence-electron chi connectivity index (χ3n) is 3.98. The van der Waals surface area contributed by atoms with Crippen molar-refractivity contribution in [2.75, 3.05) is 51.1 Å². The minimum absolute atomic E-state index is 0.416. The van der Waals surface area contributed by atoms with Crippen molar-refractivity contribution in [1.82, 2.24) is 4.90 Å². The fourth-order valence-corrected chi connectivity index (χ4v) is 3.77. The highest BCUT2D eigenvalue weighted by Gasteiger charge is 2.13. The van der Waals surface area contributed by atoms with Crippen LogP contribution >= 0.6 is 24.0 Å². The molecule has 1 saturated heterocycles. The standard InChI is InChI=1S/C20H26N2O5S2/c1-25-19(24)8-7-18(23)21-16-5-4-6-17(15-16)27-11-2-3-14-29-20(28)22-9-12-26-13-10-22/h4-8,15H,2-3,9-14H2,1H3,(H,21,23)/b8-7+. The summed E-state index contributed by atoms with van der Waals surface area (Å²) in [5, 5.41) is 2.67. The molecule has 0 aliphatic carbocycles. The summed E-state index contributed by atoms with van der Waals surface area (Å²) in [6.07, 6.45) is 4.11. The molecule has 0 saturated carbocycles. The molecule has 1 amide bonds. The van der Waals surface area contributed by atoms with Crippen LogP contribution in [0.5, 0.6) is 5.75 Å². The zero-order valence-corrected chi connectivity index (χ0v) is 18.1. The van der Waals surface area contributed by atoms with Gasteiger partial charge in [0.1, 0.15) is 10.1 Å². The zero-order valence-electron chi connectivity index (χ0n) is 16.4. The molecule has 0 unspecified atom stereocenters. The number of unbranched alkanes of at least 4 members (excludes halogenated alkanes) is 1. The predicted molar refractivity (Wildman–Crippen MR) is 118 cm³/mol. The molecule has 1 aromatic carbocycles. The highest BCUT2D eigenvalue weighted by atomic mass is 32.2. The van der Waals surface area contributed by atoms with Crippen LogP contribution in [0.25, 0.3) is 0 Å². The molecule has 0 spiro atoms. The quantitative estimate of drug-likeness (QED) is 0.273. The largest absolute Gasteiger partial charge is 0.494 e. The Labute approximate surface area is 180 Å². The van der Waals surface area contributed by atoms with Gasteiger partial charge in [0, 0.05) is 42.7 Å². The van der Waals surface area contributed by atoms with Crippen molar-refractivity contribution in [1.29, 1.82) is 0 Å². The number of amides is 1. The summed E-state index contributed by atoms with van der Waals surface area (Å²) < 4.78 is 16.5. The number of thioether (sulfide) groups is 1. The smallest absolute Gasteiger partial charge is 0.330 e. The molecule has 158 valence electrons. The van der Waals surface area contributed by atoms with E-state index in [0.29, 0.717) is 18.0 Å². The monoisotopic (exact) mass is 438 g/mol. The first-order valence-corrected chi connectivity index (χ1v) is 10.8. The fraction of sp³-hybridized carbons (Fsp3) is 0.450. The number of hydrogen-bond acceptors (Lipinski definition) is 7. The van der Waals surface area contributed by atoms with Gasteiger partial charge in [-0.05, 0) is 25.0 Å². The van der Waals surface area contributed by atoms with Crippen LogP contribution < -0.4 is 10.1 Å². The molecule has 9 heteroatoms. The lowest BCUT2D eigenvalue weighted by Gasteiger charge is -2.28. The second-order valence-electron chi connectivity index (χ2n) is 6.14. The van der Waals surface area contributed by atoms with E-state index in [-0.39, 0.29) is 0 Å². The molecule has 0 bridgehead atoms. The molecule has 7 nitrogen and oxygen atoms in total. The van der Waals surface area contributed by atoms with E-state index in [9.17, 15) is 9.59 Å². The SMILES string of the molecule is COC(=O)/C=C/C(=O)Nc1cccc(OCCCCSC(=S)N2CCOCC2)c1. The van der Waals surface area contributed by atoms with E-state index >= 15 is 0 Å². The summed E-state index contributed by atoms with van der Waals surface area (Å²) in [4.78, 5) is 25.0. The number of rotatable bonds is 9. The maximum atomic E-state index is 11.8. The minimum Gasteiger partial charge on any atom is -0.494 e. The molecule has 1 N–H and O–H groups in total. The first kappa shape index (κ1) is 23.2. The van der Waals surface area contributed by atoms with Gasteiger partial charge in [0.25, 0.3) is 0 Å². The second-order valence-corrected chi connectivity index (χ2v) is 7.87. The lowest BCUT2D eigenvalue weighted by atomic mass is 10.3. The van der Waals surface area contributed by atoms with Crippen molar-refractivity contribution in [2.24, 2.45) is 0 Å². The fourth-order valence-electron chi connectivity index (χ4n) is 2.45. The number of anilines is 1. The first-order chi connectivity index (χ1) is 14.1. The molecule has 1 aromatic rings. The number of nitrogens with zero attached hydrogens (tertiary/aromatic N) is 1. The van der Waals surface area contributed by atoms with E-state index in [1.807, 2.05) is 6.07 Å². The van der Waals surface area contributed by atoms with Gasteiger partial charge in [-0.3, -0.25) is 4.79 Å². The number of methoxy groups -OCH3 is 1. The summed E-state index contributed by atoms with van der Waals surface area (Å²) in [6, 6.07) is 7.12. The molecule has 0 atom stereocenters. The van der Waals surface area contributed by atoms with Crippen molar-refractivity contribution in [3.8, 4) is 5.75 Å². The molecule has 0 radical (unpaired) electrons. The summed E-state index contributed by atoms with van der Waals surface area (Å²) in [5.41, 5.74) is 0.591.